The van der Waals surface area contributed by atoms with Crippen molar-refractivity contribution in [2.45, 2.75) is 19.9 Å². The first kappa shape index (κ1) is 18.7. The van der Waals surface area contributed by atoms with Crippen molar-refractivity contribution in [2.75, 3.05) is 18.6 Å². The first-order valence-corrected chi connectivity index (χ1v) is 8.16. The van der Waals surface area contributed by atoms with Crippen LogP contribution in [0.1, 0.15) is 18.9 Å². The molecule has 0 unspecified atom stereocenters. The van der Waals surface area contributed by atoms with E-state index in [2.05, 4.69) is 10.3 Å². The Morgan fingerprint density at radius 2 is 2.12 bits per heavy atom. The van der Waals surface area contributed by atoms with Gasteiger partial charge in [-0.15, -0.1) is 0 Å². The molecule has 0 fully saturated rings. The van der Waals surface area contributed by atoms with Crippen molar-refractivity contribution in [3.63, 3.8) is 0 Å². The molecule has 0 aliphatic heterocycles. The van der Waals surface area contributed by atoms with E-state index in [-0.39, 0.29) is 24.8 Å². The van der Waals surface area contributed by atoms with E-state index in [1.54, 1.807) is 30.6 Å². The van der Waals surface area contributed by atoms with Gasteiger partial charge in [0, 0.05) is 44.5 Å². The topological polar surface area (TPSA) is 71.5 Å². The lowest BCUT2D eigenvalue weighted by Crippen LogP contribution is -2.33. The van der Waals surface area contributed by atoms with E-state index in [1.807, 2.05) is 12.1 Å². The third-order valence-electron chi connectivity index (χ3n) is 3.60. The van der Waals surface area contributed by atoms with Crippen LogP contribution in [0.25, 0.3) is 0 Å². The third-order valence-corrected chi connectivity index (χ3v) is 3.90. The number of aromatic nitrogens is 1. The van der Waals surface area contributed by atoms with E-state index in [0.717, 1.165) is 5.56 Å². The molecule has 1 aromatic carbocycles. The molecule has 0 spiro atoms. The van der Waals surface area contributed by atoms with Crippen LogP contribution in [0.15, 0.2) is 42.7 Å². The summed E-state index contributed by atoms with van der Waals surface area (Å²) in [6.45, 7) is 2.11. The summed E-state index contributed by atoms with van der Waals surface area (Å²) in [5, 5.41) is 3.22. The third kappa shape index (κ3) is 5.46. The van der Waals surface area contributed by atoms with Crippen molar-refractivity contribution in [3.8, 4) is 5.75 Å². The van der Waals surface area contributed by atoms with E-state index in [0.29, 0.717) is 23.0 Å². The van der Waals surface area contributed by atoms with Crippen molar-refractivity contribution < 1.29 is 14.3 Å². The fourth-order valence-corrected chi connectivity index (χ4v) is 2.55. The van der Waals surface area contributed by atoms with Crippen LogP contribution in [-0.4, -0.2) is 30.5 Å². The summed E-state index contributed by atoms with van der Waals surface area (Å²) in [6, 6.07) is 8.77. The minimum Gasteiger partial charge on any atom is -0.495 e. The summed E-state index contributed by atoms with van der Waals surface area (Å²) in [5.74, 6) is 0.221. The monoisotopic (exact) mass is 361 g/mol. The Hall–Kier alpha value is -2.60. The van der Waals surface area contributed by atoms with Crippen LogP contribution in [0.2, 0.25) is 5.02 Å². The highest BCUT2D eigenvalue weighted by molar-refractivity contribution is 6.32. The maximum absolute atomic E-state index is 12.0. The highest BCUT2D eigenvalue weighted by Crippen LogP contribution is 2.29. The molecule has 1 N–H and O–H groups in total. The lowest BCUT2D eigenvalue weighted by molar-refractivity contribution is -0.121. The molecule has 6 nitrogen and oxygen atoms in total. The van der Waals surface area contributed by atoms with Crippen molar-refractivity contribution in [3.05, 3.63) is 53.3 Å². The Kier molecular flexibility index (Phi) is 6.77. The Morgan fingerprint density at radius 1 is 1.32 bits per heavy atom. The van der Waals surface area contributed by atoms with E-state index < -0.39 is 0 Å². The van der Waals surface area contributed by atoms with Gasteiger partial charge in [0.2, 0.25) is 11.8 Å². The molecule has 2 aromatic rings. The van der Waals surface area contributed by atoms with Crippen molar-refractivity contribution >= 4 is 29.1 Å². The van der Waals surface area contributed by atoms with Gasteiger partial charge in [-0.1, -0.05) is 17.7 Å². The Labute approximate surface area is 151 Å². The summed E-state index contributed by atoms with van der Waals surface area (Å²) in [7, 11) is 1.52. The van der Waals surface area contributed by atoms with Gasteiger partial charge < -0.3 is 15.0 Å². The maximum Gasteiger partial charge on any atom is 0.223 e. The first-order valence-electron chi connectivity index (χ1n) is 7.78. The van der Waals surface area contributed by atoms with Crippen LogP contribution in [0.5, 0.6) is 5.75 Å². The van der Waals surface area contributed by atoms with E-state index >= 15 is 0 Å². The molecule has 0 atom stereocenters. The first-order chi connectivity index (χ1) is 12.0. The van der Waals surface area contributed by atoms with Gasteiger partial charge in [-0.25, -0.2) is 0 Å². The molecule has 7 heteroatoms. The van der Waals surface area contributed by atoms with Gasteiger partial charge in [-0.2, -0.15) is 0 Å². The molecule has 2 rings (SSSR count). The number of nitrogens with one attached hydrogen (secondary N) is 1. The quantitative estimate of drug-likeness (QED) is 0.823. The van der Waals surface area contributed by atoms with Crippen LogP contribution in [0, 0.1) is 0 Å². The highest BCUT2D eigenvalue weighted by Gasteiger charge is 2.15. The number of hydrogen-bond donors (Lipinski definition) is 1. The van der Waals surface area contributed by atoms with Gasteiger partial charge in [0.1, 0.15) is 5.75 Å². The number of carbonyl (C=O) groups excluding carboxylic acids is 2. The van der Waals surface area contributed by atoms with Gasteiger partial charge >= 0.3 is 0 Å². The second kappa shape index (κ2) is 9.03. The minimum absolute atomic E-state index is 0.144. The molecular formula is C18H20ClN3O3. The normalized spacial score (nSPS) is 10.2. The fourth-order valence-electron chi connectivity index (χ4n) is 2.30. The lowest BCUT2D eigenvalue weighted by Gasteiger charge is -2.21. The summed E-state index contributed by atoms with van der Waals surface area (Å²) in [6.07, 6.45) is 3.56. The average molecular weight is 362 g/mol. The molecule has 25 heavy (non-hydrogen) atoms. The molecule has 0 saturated carbocycles. The number of ether oxygens (including phenoxy) is 1. The zero-order valence-corrected chi connectivity index (χ0v) is 14.9. The van der Waals surface area contributed by atoms with Crippen LogP contribution in [0.4, 0.5) is 5.69 Å². The summed E-state index contributed by atoms with van der Waals surface area (Å²) >= 11 is 6.11. The Morgan fingerprint density at radius 3 is 2.72 bits per heavy atom. The molecule has 2 amide bonds. The number of benzene rings is 1. The van der Waals surface area contributed by atoms with Gasteiger partial charge in [0.25, 0.3) is 0 Å². The number of amides is 2. The van der Waals surface area contributed by atoms with Crippen molar-refractivity contribution in [2.24, 2.45) is 0 Å². The predicted molar refractivity (Wildman–Crippen MR) is 96.7 cm³/mol. The number of rotatable bonds is 7. The van der Waals surface area contributed by atoms with Gasteiger partial charge in [0.05, 0.1) is 12.1 Å². The fraction of sp³-hybridized carbons (Fsp3) is 0.278. The number of methoxy groups -OCH3 is 1. The van der Waals surface area contributed by atoms with Crippen molar-refractivity contribution in [1.82, 2.24) is 10.3 Å². The van der Waals surface area contributed by atoms with Crippen LogP contribution in [-0.2, 0) is 16.1 Å². The van der Waals surface area contributed by atoms with Crippen molar-refractivity contribution in [1.29, 1.82) is 0 Å². The van der Waals surface area contributed by atoms with Crippen LogP contribution >= 0.6 is 11.6 Å². The predicted octanol–water partition coefficient (Wildman–Crippen LogP) is 2.80. The van der Waals surface area contributed by atoms with Gasteiger partial charge in [-0.3, -0.25) is 14.6 Å². The summed E-state index contributed by atoms with van der Waals surface area (Å²) in [4.78, 5) is 29.4. The van der Waals surface area contributed by atoms with Gasteiger partial charge in [0.15, 0.2) is 0 Å². The Bertz CT molecular complexity index is 738. The number of nitrogens with zero attached hydrogens (tertiary/aromatic N) is 2. The smallest absolute Gasteiger partial charge is 0.223 e. The molecule has 1 aromatic heterocycles. The number of pyridine rings is 1. The standard InChI is InChI=1S/C18H20ClN3O3/c1-13(23)22(15-5-6-17(25-2)16(19)10-15)9-7-18(24)21-12-14-4-3-8-20-11-14/h3-6,8,10-11H,7,9,12H2,1-2H3,(H,21,24). The van der Waals surface area contributed by atoms with Crippen LogP contribution < -0.4 is 15.0 Å². The number of hydrogen-bond acceptors (Lipinski definition) is 4. The van der Waals surface area contributed by atoms with Crippen LogP contribution in [0.3, 0.4) is 0 Å². The maximum atomic E-state index is 12.0. The van der Waals surface area contributed by atoms with E-state index in [4.69, 9.17) is 16.3 Å². The molecular weight excluding hydrogens is 342 g/mol. The SMILES string of the molecule is COc1ccc(N(CCC(=O)NCc2cccnc2)C(C)=O)cc1Cl. The average Bonchev–Trinajstić information content (AvgIpc) is 2.61. The second-order valence-corrected chi connectivity index (χ2v) is 5.78. The number of carbonyl (C=O) groups is 2. The molecule has 0 aliphatic carbocycles. The number of halogens is 1. The van der Waals surface area contributed by atoms with E-state index in [1.165, 1.54) is 18.9 Å². The summed E-state index contributed by atoms with van der Waals surface area (Å²) < 4.78 is 5.11. The van der Waals surface area contributed by atoms with Gasteiger partial charge in [-0.05, 0) is 29.8 Å². The Balaban J connectivity index is 1.94. The molecule has 0 aliphatic rings. The summed E-state index contributed by atoms with van der Waals surface area (Å²) in [5.41, 5.74) is 1.54. The molecule has 0 saturated heterocycles. The van der Waals surface area contributed by atoms with E-state index in [9.17, 15) is 9.59 Å². The lowest BCUT2D eigenvalue weighted by atomic mass is 10.2. The largest absolute Gasteiger partial charge is 0.495 e. The zero-order valence-electron chi connectivity index (χ0n) is 14.2. The minimum atomic E-state index is -0.165. The number of anilines is 1. The zero-order chi connectivity index (χ0) is 18.2. The second-order valence-electron chi connectivity index (χ2n) is 5.38. The molecule has 0 radical (unpaired) electrons. The molecule has 132 valence electrons. The molecule has 1 heterocycles. The highest BCUT2D eigenvalue weighted by atomic mass is 35.5. The molecule has 0 bridgehead atoms.